The van der Waals surface area contributed by atoms with E-state index in [4.69, 9.17) is 4.42 Å². The maximum atomic E-state index is 5.71. The number of rotatable bonds is 5. The Balaban J connectivity index is 2.32. The first-order chi connectivity index (χ1) is 8.67. The van der Waals surface area contributed by atoms with Crippen LogP contribution >= 0.6 is 11.5 Å². The fourth-order valence-corrected chi connectivity index (χ4v) is 2.43. The Morgan fingerprint density at radius 3 is 2.67 bits per heavy atom. The average molecular weight is 267 g/mol. The molecule has 1 atom stereocenters. The molecule has 1 N–H and O–H groups in total. The number of aromatic nitrogens is 4. The van der Waals surface area contributed by atoms with E-state index in [1.165, 1.54) is 11.5 Å². The molecule has 0 aromatic carbocycles. The average Bonchev–Trinajstić information content (AvgIpc) is 2.98. The van der Waals surface area contributed by atoms with Crippen molar-refractivity contribution in [1.29, 1.82) is 0 Å². The molecule has 2 aromatic rings. The first-order valence-corrected chi connectivity index (χ1v) is 6.78. The summed E-state index contributed by atoms with van der Waals surface area (Å²) in [6.45, 7) is 6.21. The molecule has 7 heteroatoms. The first-order valence-electron chi connectivity index (χ1n) is 6.00. The highest BCUT2D eigenvalue weighted by atomic mass is 32.1. The van der Waals surface area contributed by atoms with Crippen LogP contribution in [-0.4, -0.2) is 26.8 Å². The Bertz CT molecular complexity index is 503. The lowest BCUT2D eigenvalue weighted by Gasteiger charge is -2.07. The van der Waals surface area contributed by atoms with Crippen LogP contribution in [0.25, 0.3) is 10.8 Å². The molecule has 0 radical (unpaired) electrons. The van der Waals surface area contributed by atoms with E-state index >= 15 is 0 Å². The van der Waals surface area contributed by atoms with E-state index in [9.17, 15) is 0 Å². The zero-order valence-electron chi connectivity index (χ0n) is 11.0. The third kappa shape index (κ3) is 2.41. The molecule has 18 heavy (non-hydrogen) atoms. The summed E-state index contributed by atoms with van der Waals surface area (Å²) in [6.07, 6.45) is 0.899. The van der Waals surface area contributed by atoms with Crippen LogP contribution in [0.5, 0.6) is 0 Å². The lowest BCUT2D eigenvalue weighted by atomic mass is 10.1. The van der Waals surface area contributed by atoms with Gasteiger partial charge in [0.05, 0.1) is 11.7 Å². The van der Waals surface area contributed by atoms with Crippen LogP contribution in [0.4, 0.5) is 0 Å². The van der Waals surface area contributed by atoms with Gasteiger partial charge in [0.1, 0.15) is 4.88 Å². The quantitative estimate of drug-likeness (QED) is 0.896. The van der Waals surface area contributed by atoms with E-state index < -0.39 is 0 Å². The second kappa shape index (κ2) is 5.53. The van der Waals surface area contributed by atoms with Gasteiger partial charge in [-0.3, -0.25) is 0 Å². The van der Waals surface area contributed by atoms with E-state index in [-0.39, 0.29) is 6.04 Å². The number of hydrogen-bond donors (Lipinski definition) is 1. The van der Waals surface area contributed by atoms with Gasteiger partial charge in [0.15, 0.2) is 0 Å². The van der Waals surface area contributed by atoms with Crippen molar-refractivity contribution in [1.82, 2.24) is 25.1 Å². The molecule has 0 fully saturated rings. The third-order valence-corrected chi connectivity index (χ3v) is 3.48. The molecule has 1 unspecified atom stereocenters. The van der Waals surface area contributed by atoms with Gasteiger partial charge < -0.3 is 9.73 Å². The molecule has 2 heterocycles. The fourth-order valence-electron chi connectivity index (χ4n) is 1.69. The molecule has 0 aliphatic rings. The molecule has 0 aliphatic heterocycles. The summed E-state index contributed by atoms with van der Waals surface area (Å²) in [4.78, 5) is 0.870. The van der Waals surface area contributed by atoms with E-state index in [1.54, 1.807) is 0 Å². The van der Waals surface area contributed by atoms with Crippen molar-refractivity contribution in [3.8, 4) is 10.8 Å². The van der Waals surface area contributed by atoms with Gasteiger partial charge in [0.25, 0.3) is 5.89 Å². The SMILES string of the molecule is CCC(NC)c1nnc(-c2snnc2C(C)C)o1. The van der Waals surface area contributed by atoms with Crippen LogP contribution in [0, 0.1) is 0 Å². The monoisotopic (exact) mass is 267 g/mol. The van der Waals surface area contributed by atoms with Crippen LogP contribution < -0.4 is 5.32 Å². The second-order valence-corrected chi connectivity index (χ2v) is 5.09. The Hall–Kier alpha value is -1.34. The van der Waals surface area contributed by atoms with Crippen LogP contribution in [-0.2, 0) is 0 Å². The second-order valence-electron chi connectivity index (χ2n) is 4.34. The third-order valence-electron chi connectivity index (χ3n) is 2.75. The van der Waals surface area contributed by atoms with Gasteiger partial charge in [-0.25, -0.2) is 0 Å². The maximum Gasteiger partial charge on any atom is 0.261 e. The molecule has 0 saturated heterocycles. The van der Waals surface area contributed by atoms with Crippen LogP contribution in [0.3, 0.4) is 0 Å². The summed E-state index contributed by atoms with van der Waals surface area (Å²) in [5, 5.41) is 15.4. The van der Waals surface area contributed by atoms with Crippen LogP contribution in [0.2, 0.25) is 0 Å². The van der Waals surface area contributed by atoms with Gasteiger partial charge in [-0.1, -0.05) is 25.3 Å². The molecule has 2 rings (SSSR count). The highest BCUT2D eigenvalue weighted by Crippen LogP contribution is 2.30. The maximum absolute atomic E-state index is 5.71. The first kappa shape index (κ1) is 13.1. The minimum Gasteiger partial charge on any atom is -0.418 e. The molecular weight excluding hydrogens is 250 g/mol. The van der Waals surface area contributed by atoms with E-state index in [0.717, 1.165) is 17.0 Å². The summed E-state index contributed by atoms with van der Waals surface area (Å²) in [6, 6.07) is 0.0923. The van der Waals surface area contributed by atoms with Crippen molar-refractivity contribution in [2.75, 3.05) is 7.05 Å². The van der Waals surface area contributed by atoms with Gasteiger partial charge in [-0.2, -0.15) is 0 Å². The molecule has 98 valence electrons. The van der Waals surface area contributed by atoms with Crippen molar-refractivity contribution in [3.05, 3.63) is 11.6 Å². The predicted molar refractivity (Wildman–Crippen MR) is 69.4 cm³/mol. The van der Waals surface area contributed by atoms with Gasteiger partial charge in [-0.05, 0) is 30.9 Å². The Morgan fingerprint density at radius 2 is 2.06 bits per heavy atom. The summed E-state index contributed by atoms with van der Waals surface area (Å²) >= 11 is 1.29. The molecule has 0 saturated carbocycles. The zero-order chi connectivity index (χ0) is 13.1. The Kier molecular flexibility index (Phi) is 4.03. The molecular formula is C11H17N5OS. The molecule has 0 amide bonds. The van der Waals surface area contributed by atoms with Gasteiger partial charge in [0, 0.05) is 0 Å². The van der Waals surface area contributed by atoms with E-state index in [1.807, 2.05) is 7.05 Å². The molecule has 0 spiro atoms. The zero-order valence-corrected chi connectivity index (χ0v) is 11.8. The largest absolute Gasteiger partial charge is 0.418 e. The molecule has 2 aromatic heterocycles. The van der Waals surface area contributed by atoms with Crippen molar-refractivity contribution >= 4 is 11.5 Å². The smallest absolute Gasteiger partial charge is 0.261 e. The minimum absolute atomic E-state index is 0.0923. The summed E-state index contributed by atoms with van der Waals surface area (Å²) in [7, 11) is 1.88. The summed E-state index contributed by atoms with van der Waals surface area (Å²) in [5.74, 6) is 1.41. The van der Waals surface area contributed by atoms with Crippen LogP contribution in [0.15, 0.2) is 4.42 Å². The van der Waals surface area contributed by atoms with Crippen LogP contribution in [0.1, 0.15) is 50.7 Å². The molecule has 6 nitrogen and oxygen atoms in total. The highest BCUT2D eigenvalue weighted by molar-refractivity contribution is 7.09. The number of nitrogens with one attached hydrogen (secondary N) is 1. The van der Waals surface area contributed by atoms with Crippen molar-refractivity contribution in [2.45, 2.75) is 39.2 Å². The van der Waals surface area contributed by atoms with Gasteiger partial charge in [-0.15, -0.1) is 15.3 Å². The Morgan fingerprint density at radius 1 is 1.28 bits per heavy atom. The Labute approximate surface area is 110 Å². The lowest BCUT2D eigenvalue weighted by Crippen LogP contribution is -2.15. The lowest BCUT2D eigenvalue weighted by molar-refractivity contribution is 0.415. The normalized spacial score (nSPS) is 13.2. The van der Waals surface area contributed by atoms with Gasteiger partial charge >= 0.3 is 0 Å². The van der Waals surface area contributed by atoms with E-state index in [0.29, 0.717) is 17.7 Å². The molecule has 0 bridgehead atoms. The van der Waals surface area contributed by atoms with Crippen molar-refractivity contribution < 1.29 is 4.42 Å². The summed E-state index contributed by atoms with van der Waals surface area (Å²) < 4.78 is 9.67. The van der Waals surface area contributed by atoms with Crippen molar-refractivity contribution in [3.63, 3.8) is 0 Å². The predicted octanol–water partition coefficient (Wildman–Crippen LogP) is 2.38. The van der Waals surface area contributed by atoms with Crippen molar-refractivity contribution in [2.24, 2.45) is 0 Å². The topological polar surface area (TPSA) is 76.7 Å². The number of hydrogen-bond acceptors (Lipinski definition) is 7. The minimum atomic E-state index is 0.0923. The van der Waals surface area contributed by atoms with Gasteiger partial charge in [0.2, 0.25) is 5.89 Å². The number of nitrogens with zero attached hydrogens (tertiary/aromatic N) is 4. The molecule has 0 aliphatic carbocycles. The van der Waals surface area contributed by atoms with E-state index in [2.05, 4.69) is 45.9 Å². The fraction of sp³-hybridized carbons (Fsp3) is 0.636. The highest BCUT2D eigenvalue weighted by Gasteiger charge is 2.21. The standard InChI is InChI=1S/C11H17N5OS/c1-5-7(12-4)10-14-15-11(17-10)9-8(6(2)3)13-16-18-9/h6-7,12H,5H2,1-4H3. The summed E-state index contributed by atoms with van der Waals surface area (Å²) in [5.41, 5.74) is 0.910.